The first-order chi connectivity index (χ1) is 34.1. The summed E-state index contributed by atoms with van der Waals surface area (Å²) in [5, 5.41) is 24.8. The molecule has 8 atom stereocenters. The van der Waals surface area contributed by atoms with Gasteiger partial charge in [-0.25, -0.2) is 0 Å². The summed E-state index contributed by atoms with van der Waals surface area (Å²) >= 11 is 0. The summed E-state index contributed by atoms with van der Waals surface area (Å²) in [6.45, 7) is 2.94. The highest BCUT2D eigenvalue weighted by atomic mass is 16.3. The lowest BCUT2D eigenvalue weighted by molar-refractivity contribution is -0.143. The number of nitrogens with one attached hydrogen (secondary N) is 6. The van der Waals surface area contributed by atoms with Crippen molar-refractivity contribution in [3.8, 4) is 0 Å². The molecule has 1 aliphatic heterocycles. The molecule has 1 heterocycles. The number of hydrogen-bond donors (Lipinski definition) is 13. The van der Waals surface area contributed by atoms with E-state index in [2.05, 4.69) is 36.9 Å². The van der Waals surface area contributed by atoms with Crippen molar-refractivity contribution in [2.75, 3.05) is 19.7 Å². The van der Waals surface area contributed by atoms with E-state index in [1.807, 2.05) is 0 Å². The summed E-state index contributed by atoms with van der Waals surface area (Å²) in [6, 6.07) is 6.39. The van der Waals surface area contributed by atoms with Gasteiger partial charge in [-0.3, -0.25) is 52.9 Å². The van der Waals surface area contributed by atoms with E-state index < -0.39 is 120 Å². The first-order valence-corrected chi connectivity index (χ1v) is 23.6. The average Bonchev–Trinajstić information content (AvgIpc) is 3.83. The topological polar surface area (TPSA) is 435 Å². The number of aliphatic hydroxyl groups excluding tert-OH is 1. The van der Waals surface area contributed by atoms with Crippen LogP contribution in [0.15, 0.2) is 65.7 Å². The molecule has 25 nitrogen and oxygen atoms in total. The lowest BCUT2D eigenvalue weighted by Gasteiger charge is -2.30. The number of guanidine groups is 1. The molecule has 3 rings (SSSR count). The van der Waals surface area contributed by atoms with Crippen LogP contribution in [0.3, 0.4) is 0 Å². The number of hydrogen-bond acceptors (Lipinski definition) is 13. The molecule has 25 heteroatoms. The summed E-state index contributed by atoms with van der Waals surface area (Å²) in [5.74, 6) is -9.01. The molecule has 394 valence electrons. The molecule has 2 aromatic rings. The fraction of sp³-hybridized carbons (Fsp3) is 0.511. The standard InChI is InChI=1S/C47H70N14O11/c1-26(2)21-33(42(68)55-30(15-9-19-54-47(52)53)41(67)57-32(39(51)65)22-27-11-5-3-6-12-27)58-43(69)34(23-28-13-7-4-8-14-28)59-44(70)35(24-38(50)64)60-45(71)36-16-10-20-61(36)46(72)31(17-18-37(49)63)56-40(66)29(48)25-62/h3-8,11-14,26,29-36,62H,9-10,15-25,48H2,1-2H3,(H2,49,63)(H2,50,64)(H2,51,65)(H,55,68)(H,56,66)(H,57,67)(H,58,69)(H,59,70)(H,60,71)(H4,52,53,54)/t29-,30-,31-,32-,33-,34-,35-,36-/m0/s1. The third-order valence-corrected chi connectivity index (χ3v) is 11.5. The Labute approximate surface area is 417 Å². The summed E-state index contributed by atoms with van der Waals surface area (Å²) in [6.07, 6.45) is -0.796. The van der Waals surface area contributed by atoms with Gasteiger partial charge in [0, 0.05) is 32.4 Å². The Morgan fingerprint density at radius 3 is 1.69 bits per heavy atom. The Hall–Kier alpha value is -7.67. The molecular formula is C47H70N14O11. The summed E-state index contributed by atoms with van der Waals surface area (Å²) < 4.78 is 0. The van der Waals surface area contributed by atoms with E-state index >= 15 is 0 Å². The third-order valence-electron chi connectivity index (χ3n) is 11.5. The maximum absolute atomic E-state index is 14.4. The van der Waals surface area contributed by atoms with Crippen molar-refractivity contribution in [3.05, 3.63) is 71.8 Å². The normalized spacial score (nSPS) is 16.0. The second kappa shape index (κ2) is 29.5. The molecule has 0 aliphatic carbocycles. The van der Waals surface area contributed by atoms with Crippen LogP contribution in [0.2, 0.25) is 0 Å². The van der Waals surface area contributed by atoms with Crippen molar-refractivity contribution in [1.29, 1.82) is 0 Å². The van der Waals surface area contributed by atoms with Crippen LogP contribution in [0.5, 0.6) is 0 Å². The van der Waals surface area contributed by atoms with E-state index in [1.54, 1.807) is 74.5 Å². The Kier molecular flexibility index (Phi) is 24.0. The zero-order valence-corrected chi connectivity index (χ0v) is 40.6. The van der Waals surface area contributed by atoms with Crippen LogP contribution in [0.1, 0.15) is 76.3 Å². The molecule has 0 unspecified atom stereocenters. The van der Waals surface area contributed by atoms with Gasteiger partial charge in [-0.15, -0.1) is 0 Å². The monoisotopic (exact) mass is 1010 g/mol. The lowest BCUT2D eigenvalue weighted by atomic mass is 9.99. The van der Waals surface area contributed by atoms with Crippen molar-refractivity contribution in [2.24, 2.45) is 45.3 Å². The lowest BCUT2D eigenvalue weighted by Crippen LogP contribution is -2.61. The molecule has 2 aromatic carbocycles. The van der Waals surface area contributed by atoms with Gasteiger partial charge in [0.25, 0.3) is 0 Å². The van der Waals surface area contributed by atoms with E-state index in [-0.39, 0.29) is 76.3 Å². The summed E-state index contributed by atoms with van der Waals surface area (Å²) in [4.78, 5) is 138. The number of aliphatic imine (C=N–C) groups is 1. The highest BCUT2D eigenvalue weighted by molar-refractivity contribution is 5.99. The number of amides is 10. The molecule has 0 aromatic heterocycles. The number of rotatable bonds is 30. The van der Waals surface area contributed by atoms with Gasteiger partial charge >= 0.3 is 0 Å². The molecule has 1 saturated heterocycles. The maximum atomic E-state index is 14.4. The summed E-state index contributed by atoms with van der Waals surface area (Å²) in [7, 11) is 0. The molecule has 0 bridgehead atoms. The first-order valence-electron chi connectivity index (χ1n) is 23.6. The molecule has 1 aliphatic rings. The number of carbonyl (C=O) groups is 10. The highest BCUT2D eigenvalue weighted by Crippen LogP contribution is 2.21. The Balaban J connectivity index is 1.90. The van der Waals surface area contributed by atoms with Gasteiger partial charge in [-0.05, 0) is 55.6 Å². The van der Waals surface area contributed by atoms with Crippen molar-refractivity contribution in [3.63, 3.8) is 0 Å². The number of nitrogens with zero attached hydrogens (tertiary/aromatic N) is 2. The molecule has 10 amide bonds. The van der Waals surface area contributed by atoms with E-state index in [0.29, 0.717) is 17.5 Å². The smallest absolute Gasteiger partial charge is 0.245 e. The maximum Gasteiger partial charge on any atom is 0.245 e. The van der Waals surface area contributed by atoms with Crippen LogP contribution >= 0.6 is 0 Å². The zero-order chi connectivity index (χ0) is 53.5. The molecule has 0 spiro atoms. The zero-order valence-electron chi connectivity index (χ0n) is 40.6. The molecule has 1 fully saturated rings. The van der Waals surface area contributed by atoms with Gasteiger partial charge in [0.2, 0.25) is 59.1 Å². The predicted octanol–water partition coefficient (Wildman–Crippen LogP) is -4.58. The first kappa shape index (κ1) is 58.6. The third kappa shape index (κ3) is 20.0. The SMILES string of the molecule is CC(C)C[C@H](NC(=O)[C@H](Cc1ccccc1)NC(=O)[C@H](CC(N)=O)NC(=O)[C@@H]1CCCN1C(=O)[C@H](CCC(N)=O)NC(=O)[C@@H](N)CO)C(=O)N[C@@H](CCCN=C(N)N)C(=O)N[C@@H](Cc1ccccc1)C(N)=O. The quantitative estimate of drug-likeness (QED) is 0.0199. The molecule has 72 heavy (non-hydrogen) atoms. The number of aliphatic hydroxyl groups is 1. The largest absolute Gasteiger partial charge is 0.394 e. The molecule has 19 N–H and O–H groups in total. The minimum Gasteiger partial charge on any atom is -0.394 e. The summed E-state index contributed by atoms with van der Waals surface area (Å²) in [5.41, 5.74) is 34.4. The fourth-order valence-electron chi connectivity index (χ4n) is 7.78. The molecule has 0 radical (unpaired) electrons. The van der Waals surface area contributed by atoms with Gasteiger partial charge < -0.3 is 76.3 Å². The van der Waals surface area contributed by atoms with E-state index in [9.17, 15) is 53.1 Å². The average molecular weight is 1010 g/mol. The molecule has 0 saturated carbocycles. The van der Waals surface area contributed by atoms with Gasteiger partial charge in [0.15, 0.2) is 5.96 Å². The Bertz CT molecular complexity index is 2230. The van der Waals surface area contributed by atoms with Crippen molar-refractivity contribution < 1.29 is 53.1 Å². The van der Waals surface area contributed by atoms with Crippen LogP contribution in [-0.4, -0.2) is 143 Å². The molecular weight excluding hydrogens is 937 g/mol. The predicted molar refractivity (Wildman–Crippen MR) is 262 cm³/mol. The number of primary amides is 3. The van der Waals surface area contributed by atoms with Gasteiger partial charge in [-0.1, -0.05) is 74.5 Å². The number of likely N-dealkylation sites (tertiary alicyclic amines) is 1. The van der Waals surface area contributed by atoms with Crippen molar-refractivity contribution in [2.45, 2.75) is 126 Å². The van der Waals surface area contributed by atoms with Crippen LogP contribution < -0.4 is 66.3 Å². The van der Waals surface area contributed by atoms with Crippen molar-refractivity contribution >= 4 is 65.0 Å². The van der Waals surface area contributed by atoms with Crippen LogP contribution in [0.4, 0.5) is 0 Å². The van der Waals surface area contributed by atoms with Crippen LogP contribution in [-0.2, 0) is 60.8 Å². The minimum atomic E-state index is -1.69. The van der Waals surface area contributed by atoms with E-state index in [1.165, 1.54) is 0 Å². The van der Waals surface area contributed by atoms with Crippen molar-refractivity contribution in [1.82, 2.24) is 36.8 Å². The number of carbonyl (C=O) groups excluding carboxylic acids is 10. The van der Waals surface area contributed by atoms with Crippen LogP contribution in [0, 0.1) is 5.92 Å². The van der Waals surface area contributed by atoms with Gasteiger partial charge in [0.05, 0.1) is 13.0 Å². The minimum absolute atomic E-state index is 0.00821. The highest BCUT2D eigenvalue weighted by Gasteiger charge is 2.40. The second-order valence-corrected chi connectivity index (χ2v) is 17.9. The van der Waals surface area contributed by atoms with Gasteiger partial charge in [0.1, 0.15) is 48.3 Å². The van der Waals surface area contributed by atoms with E-state index in [0.717, 1.165) is 4.90 Å². The number of benzene rings is 2. The van der Waals surface area contributed by atoms with Gasteiger partial charge in [-0.2, -0.15) is 0 Å². The van der Waals surface area contributed by atoms with Crippen LogP contribution in [0.25, 0.3) is 0 Å². The second-order valence-electron chi connectivity index (χ2n) is 17.9. The Morgan fingerprint density at radius 1 is 0.639 bits per heavy atom. The Morgan fingerprint density at radius 2 is 1.15 bits per heavy atom. The van der Waals surface area contributed by atoms with E-state index in [4.69, 9.17) is 34.4 Å². The fourth-order valence-corrected chi connectivity index (χ4v) is 7.78. The number of nitrogens with two attached hydrogens (primary N) is 6.